The molecule has 2 heterocycles. The van der Waals surface area contributed by atoms with E-state index in [1.807, 2.05) is 25.2 Å². The molecule has 4 aromatic rings. The van der Waals surface area contributed by atoms with Crippen molar-refractivity contribution in [2.24, 2.45) is 0 Å². The second kappa shape index (κ2) is 6.55. The summed E-state index contributed by atoms with van der Waals surface area (Å²) >= 11 is 1.68. The first-order valence-corrected chi connectivity index (χ1v) is 9.11. The summed E-state index contributed by atoms with van der Waals surface area (Å²) in [4.78, 5) is 18.7. The lowest BCUT2D eigenvalue weighted by Gasteiger charge is -2.16. The van der Waals surface area contributed by atoms with E-state index < -0.39 is 5.63 Å². The van der Waals surface area contributed by atoms with Crippen LogP contribution >= 0.6 is 11.3 Å². The molecular formula is C20H18N2O3S. The molecule has 0 unspecified atom stereocenters. The molecule has 0 saturated heterocycles. The number of rotatable bonds is 4. The maximum absolute atomic E-state index is 11.9. The lowest BCUT2D eigenvalue weighted by atomic mass is 10.1. The number of phenols is 1. The molecule has 0 amide bonds. The highest BCUT2D eigenvalue weighted by Crippen LogP contribution is 2.28. The van der Waals surface area contributed by atoms with Crippen LogP contribution in [0.4, 0.5) is 0 Å². The Kier molecular flexibility index (Phi) is 4.22. The number of nitrogens with zero attached hydrogens (tertiary/aromatic N) is 2. The number of aromatic hydroxyl groups is 1. The van der Waals surface area contributed by atoms with E-state index in [1.54, 1.807) is 30.4 Å². The van der Waals surface area contributed by atoms with Gasteiger partial charge >= 0.3 is 5.63 Å². The van der Waals surface area contributed by atoms with E-state index in [4.69, 9.17) is 4.42 Å². The third-order valence-electron chi connectivity index (χ3n) is 4.40. The Hall–Kier alpha value is -2.70. The molecule has 6 heteroatoms. The molecule has 2 aromatic heterocycles. The highest BCUT2D eigenvalue weighted by molar-refractivity contribution is 7.18. The van der Waals surface area contributed by atoms with Crippen LogP contribution in [0.15, 0.2) is 51.7 Å². The topological polar surface area (TPSA) is 66.6 Å². The molecule has 4 rings (SSSR count). The summed E-state index contributed by atoms with van der Waals surface area (Å²) in [5, 5.41) is 11.7. The Morgan fingerprint density at radius 3 is 2.81 bits per heavy atom. The lowest BCUT2D eigenvalue weighted by Crippen LogP contribution is -2.18. The van der Waals surface area contributed by atoms with Crippen LogP contribution in [0.1, 0.15) is 16.1 Å². The molecule has 0 aliphatic heterocycles. The van der Waals surface area contributed by atoms with Crippen LogP contribution in [-0.2, 0) is 13.1 Å². The molecule has 0 radical (unpaired) electrons. The summed E-state index contributed by atoms with van der Waals surface area (Å²) in [6.07, 6.45) is 0. The van der Waals surface area contributed by atoms with Gasteiger partial charge in [0.25, 0.3) is 0 Å². The van der Waals surface area contributed by atoms with Crippen LogP contribution in [0.2, 0.25) is 0 Å². The van der Waals surface area contributed by atoms with Gasteiger partial charge in [0, 0.05) is 23.6 Å². The zero-order chi connectivity index (χ0) is 18.3. The van der Waals surface area contributed by atoms with Crippen LogP contribution in [0.25, 0.3) is 21.2 Å². The van der Waals surface area contributed by atoms with Crippen molar-refractivity contribution in [3.05, 3.63) is 69.0 Å². The average Bonchev–Trinajstić information content (AvgIpc) is 3.00. The van der Waals surface area contributed by atoms with Gasteiger partial charge in [-0.25, -0.2) is 9.78 Å². The number of para-hydroxylation sites is 1. The first-order chi connectivity index (χ1) is 12.5. The third kappa shape index (κ3) is 3.09. The van der Waals surface area contributed by atoms with Crippen LogP contribution in [-0.4, -0.2) is 22.0 Å². The van der Waals surface area contributed by atoms with Gasteiger partial charge in [-0.05, 0) is 43.8 Å². The molecule has 0 aliphatic rings. The predicted octanol–water partition coefficient (Wildman–Crippen LogP) is 4.05. The zero-order valence-corrected chi connectivity index (χ0v) is 15.3. The lowest BCUT2D eigenvalue weighted by molar-refractivity contribution is 0.319. The number of hydrogen-bond donors (Lipinski definition) is 1. The summed E-state index contributed by atoms with van der Waals surface area (Å²) < 4.78 is 6.48. The van der Waals surface area contributed by atoms with Crippen molar-refractivity contribution in [3.63, 3.8) is 0 Å². The molecule has 0 fully saturated rings. The van der Waals surface area contributed by atoms with E-state index in [1.165, 1.54) is 10.8 Å². The Balaban J connectivity index is 1.64. The normalized spacial score (nSPS) is 11.7. The van der Waals surface area contributed by atoms with Gasteiger partial charge in [-0.15, -0.1) is 11.3 Å². The highest BCUT2D eigenvalue weighted by atomic mass is 32.1. The minimum atomic E-state index is -0.408. The van der Waals surface area contributed by atoms with Crippen LogP contribution in [0, 0.1) is 6.92 Å². The quantitative estimate of drug-likeness (QED) is 0.552. The Morgan fingerprint density at radius 1 is 1.19 bits per heavy atom. The van der Waals surface area contributed by atoms with Crippen LogP contribution in [0.5, 0.6) is 5.75 Å². The Morgan fingerprint density at radius 2 is 2.00 bits per heavy atom. The summed E-state index contributed by atoms with van der Waals surface area (Å²) in [7, 11) is 2.00. The Bertz CT molecular complexity index is 1130. The SMILES string of the molecule is Cc1c(O)ccc2c(CN(C)Cc3nc4ccccc4s3)cc(=O)oc12. The predicted molar refractivity (Wildman–Crippen MR) is 104 cm³/mol. The molecule has 132 valence electrons. The van der Waals surface area contributed by atoms with Crippen LogP contribution < -0.4 is 5.63 Å². The minimum absolute atomic E-state index is 0.126. The number of hydrogen-bond acceptors (Lipinski definition) is 6. The molecular weight excluding hydrogens is 348 g/mol. The Labute approximate surface area is 154 Å². The second-order valence-corrected chi connectivity index (χ2v) is 7.54. The van der Waals surface area contributed by atoms with Crippen molar-refractivity contribution in [2.45, 2.75) is 20.0 Å². The maximum Gasteiger partial charge on any atom is 0.336 e. The van der Waals surface area contributed by atoms with Gasteiger partial charge in [0.05, 0.1) is 16.8 Å². The van der Waals surface area contributed by atoms with Gasteiger partial charge in [-0.1, -0.05) is 12.1 Å². The van der Waals surface area contributed by atoms with Crippen molar-refractivity contribution in [1.82, 2.24) is 9.88 Å². The average molecular weight is 366 g/mol. The van der Waals surface area contributed by atoms with Crippen molar-refractivity contribution < 1.29 is 9.52 Å². The van der Waals surface area contributed by atoms with Gasteiger partial charge in [0.2, 0.25) is 0 Å². The fourth-order valence-electron chi connectivity index (χ4n) is 3.11. The second-order valence-electron chi connectivity index (χ2n) is 6.42. The van der Waals surface area contributed by atoms with Crippen molar-refractivity contribution in [1.29, 1.82) is 0 Å². The standard InChI is InChI=1S/C20H18N2O3S/c1-12-16(23)8-7-14-13(9-19(24)25-20(12)14)10-22(2)11-18-21-15-5-3-4-6-17(15)26-18/h3-9,23H,10-11H2,1-2H3. The van der Waals surface area contributed by atoms with E-state index in [0.29, 0.717) is 24.2 Å². The molecule has 0 aliphatic carbocycles. The fourth-order valence-corrected chi connectivity index (χ4v) is 4.16. The van der Waals surface area contributed by atoms with Gasteiger partial charge in [0.1, 0.15) is 16.3 Å². The molecule has 5 nitrogen and oxygen atoms in total. The first-order valence-electron chi connectivity index (χ1n) is 8.29. The number of fused-ring (bicyclic) bond motifs is 2. The summed E-state index contributed by atoms with van der Waals surface area (Å²) in [6, 6.07) is 13.0. The van der Waals surface area contributed by atoms with Gasteiger partial charge in [0.15, 0.2) is 0 Å². The van der Waals surface area contributed by atoms with Crippen molar-refractivity contribution in [3.8, 4) is 5.75 Å². The van der Waals surface area contributed by atoms with Crippen molar-refractivity contribution >= 4 is 32.5 Å². The van der Waals surface area contributed by atoms with Gasteiger partial charge in [-0.3, -0.25) is 4.90 Å². The van der Waals surface area contributed by atoms with Gasteiger partial charge in [-0.2, -0.15) is 0 Å². The smallest absolute Gasteiger partial charge is 0.336 e. The van der Waals surface area contributed by atoms with E-state index in [0.717, 1.165) is 21.5 Å². The number of benzene rings is 2. The maximum atomic E-state index is 11.9. The van der Waals surface area contributed by atoms with E-state index in [2.05, 4.69) is 16.0 Å². The summed E-state index contributed by atoms with van der Waals surface area (Å²) in [5.41, 5.74) is 2.51. The highest BCUT2D eigenvalue weighted by Gasteiger charge is 2.13. The molecule has 1 N–H and O–H groups in total. The summed E-state index contributed by atoms with van der Waals surface area (Å²) in [5.74, 6) is 0.126. The number of aromatic nitrogens is 1. The van der Waals surface area contributed by atoms with E-state index in [9.17, 15) is 9.90 Å². The number of aryl methyl sites for hydroxylation is 1. The molecule has 0 saturated carbocycles. The molecule has 0 spiro atoms. The summed E-state index contributed by atoms with van der Waals surface area (Å²) in [6.45, 7) is 3.02. The molecule has 2 aromatic carbocycles. The van der Waals surface area contributed by atoms with Crippen LogP contribution in [0.3, 0.4) is 0 Å². The van der Waals surface area contributed by atoms with Gasteiger partial charge < -0.3 is 9.52 Å². The fraction of sp³-hybridized carbons (Fsp3) is 0.200. The third-order valence-corrected chi connectivity index (χ3v) is 5.42. The van der Waals surface area contributed by atoms with E-state index >= 15 is 0 Å². The zero-order valence-electron chi connectivity index (χ0n) is 14.5. The molecule has 0 atom stereocenters. The number of phenolic OH excluding ortho intramolecular Hbond substituents is 1. The largest absolute Gasteiger partial charge is 0.508 e. The molecule has 0 bridgehead atoms. The van der Waals surface area contributed by atoms with Crippen molar-refractivity contribution in [2.75, 3.05) is 7.05 Å². The molecule has 26 heavy (non-hydrogen) atoms. The minimum Gasteiger partial charge on any atom is -0.508 e. The monoisotopic (exact) mass is 366 g/mol. The van der Waals surface area contributed by atoms with E-state index in [-0.39, 0.29) is 5.75 Å². The first kappa shape index (κ1) is 16.8. The number of thiazole rings is 1.